The smallest absolute Gasteiger partial charge is 0.233 e. The van der Waals surface area contributed by atoms with E-state index in [2.05, 4.69) is 21.6 Å². The Morgan fingerprint density at radius 1 is 1.18 bits per heavy atom. The summed E-state index contributed by atoms with van der Waals surface area (Å²) in [6.07, 6.45) is 8.91. The number of aromatic nitrogens is 1. The molecule has 1 aromatic heterocycles. The number of halogens is 1. The SMILES string of the molecule is C=CNC(=O)C(C)(C)c1ccc(SNC2=CC=C(Cl)CC=C2C(=O)c2ccc(C)nc2)cc1C. The van der Waals surface area contributed by atoms with Gasteiger partial charge in [0.05, 0.1) is 11.1 Å². The second-order valence-electron chi connectivity index (χ2n) is 8.52. The summed E-state index contributed by atoms with van der Waals surface area (Å²) in [6.45, 7) is 11.2. The van der Waals surface area contributed by atoms with Gasteiger partial charge in [-0.1, -0.05) is 30.3 Å². The summed E-state index contributed by atoms with van der Waals surface area (Å²) in [5.74, 6) is -0.233. The summed E-state index contributed by atoms with van der Waals surface area (Å²) in [6, 6.07) is 9.54. The number of carbonyl (C=O) groups is 2. The second-order valence-corrected chi connectivity index (χ2v) is 9.88. The largest absolute Gasteiger partial charge is 0.333 e. The highest BCUT2D eigenvalue weighted by atomic mass is 35.5. The van der Waals surface area contributed by atoms with Gasteiger partial charge in [-0.2, -0.15) is 0 Å². The van der Waals surface area contributed by atoms with Crippen LogP contribution in [0, 0.1) is 13.8 Å². The lowest BCUT2D eigenvalue weighted by Crippen LogP contribution is -2.37. The van der Waals surface area contributed by atoms with Crippen LogP contribution in [0.3, 0.4) is 0 Å². The predicted molar refractivity (Wildman–Crippen MR) is 140 cm³/mol. The number of benzene rings is 1. The number of allylic oxidation sites excluding steroid dienone is 5. The standard InChI is InChI=1S/C27H28ClN3O2S/c1-6-29-26(33)27(4,5)23-13-11-21(15-17(23)2)34-31-24-14-10-20(28)9-12-22(24)25(32)19-8-7-18(3)30-16-19/h6-8,10-16,31H,1,9H2,2-5H3,(H,29,33). The molecule has 3 rings (SSSR count). The van der Waals surface area contributed by atoms with Crippen molar-refractivity contribution in [2.45, 2.75) is 44.4 Å². The highest BCUT2D eigenvalue weighted by Gasteiger charge is 2.30. The Labute approximate surface area is 210 Å². The van der Waals surface area contributed by atoms with Crippen LogP contribution in [0.25, 0.3) is 0 Å². The Morgan fingerprint density at radius 2 is 1.94 bits per heavy atom. The molecule has 0 saturated carbocycles. The zero-order valence-electron chi connectivity index (χ0n) is 19.7. The first-order chi connectivity index (χ1) is 16.1. The van der Waals surface area contributed by atoms with Crippen molar-refractivity contribution in [3.63, 3.8) is 0 Å². The lowest BCUT2D eigenvalue weighted by atomic mass is 9.81. The number of ketones is 1. The third-order valence-corrected chi connectivity index (χ3v) is 6.68. The van der Waals surface area contributed by atoms with E-state index >= 15 is 0 Å². The molecule has 0 saturated heterocycles. The van der Waals surface area contributed by atoms with Crippen LogP contribution >= 0.6 is 23.5 Å². The Kier molecular flexibility index (Phi) is 8.18. The van der Waals surface area contributed by atoms with Crippen LogP contribution in [-0.4, -0.2) is 16.7 Å². The van der Waals surface area contributed by atoms with Gasteiger partial charge in [-0.15, -0.1) is 0 Å². The molecule has 0 radical (unpaired) electrons. The minimum Gasteiger partial charge on any atom is -0.333 e. The number of aryl methyl sites for hydroxylation is 2. The van der Waals surface area contributed by atoms with Crippen LogP contribution in [0.1, 0.15) is 47.4 Å². The maximum absolute atomic E-state index is 13.2. The van der Waals surface area contributed by atoms with Crippen LogP contribution in [0.2, 0.25) is 0 Å². The number of pyridine rings is 1. The Balaban J connectivity index is 1.81. The molecule has 1 amide bonds. The first kappa shape index (κ1) is 25.5. The van der Waals surface area contributed by atoms with Crippen molar-refractivity contribution in [3.05, 3.63) is 106 Å². The fourth-order valence-electron chi connectivity index (χ4n) is 3.61. The number of rotatable bonds is 8. The Morgan fingerprint density at radius 3 is 2.59 bits per heavy atom. The molecule has 7 heteroatoms. The van der Waals surface area contributed by atoms with Gasteiger partial charge in [0, 0.05) is 39.4 Å². The minimum absolute atomic E-state index is 0.115. The average Bonchev–Trinajstić information content (AvgIpc) is 2.99. The highest BCUT2D eigenvalue weighted by molar-refractivity contribution is 7.97. The van der Waals surface area contributed by atoms with Crippen molar-refractivity contribution >= 4 is 35.2 Å². The number of nitrogens with zero attached hydrogens (tertiary/aromatic N) is 1. The number of hydrogen-bond donors (Lipinski definition) is 2. The molecule has 0 fully saturated rings. The van der Waals surface area contributed by atoms with Crippen molar-refractivity contribution in [1.29, 1.82) is 0 Å². The van der Waals surface area contributed by atoms with E-state index in [4.69, 9.17) is 11.6 Å². The van der Waals surface area contributed by atoms with E-state index in [-0.39, 0.29) is 11.7 Å². The van der Waals surface area contributed by atoms with E-state index in [1.165, 1.54) is 18.1 Å². The van der Waals surface area contributed by atoms with E-state index in [0.29, 0.717) is 28.3 Å². The summed E-state index contributed by atoms with van der Waals surface area (Å²) < 4.78 is 3.31. The quantitative estimate of drug-likeness (QED) is 0.346. The summed E-state index contributed by atoms with van der Waals surface area (Å²) in [7, 11) is 0. The van der Waals surface area contributed by atoms with Gasteiger partial charge in [0.25, 0.3) is 0 Å². The van der Waals surface area contributed by atoms with Gasteiger partial charge in [-0.05, 0) is 93.4 Å². The molecule has 1 aliphatic carbocycles. The normalized spacial score (nSPS) is 13.7. The number of hydrogen-bond acceptors (Lipinski definition) is 5. The second kappa shape index (κ2) is 10.9. The molecule has 0 atom stereocenters. The molecule has 1 aliphatic rings. The van der Waals surface area contributed by atoms with Crippen LogP contribution in [0.5, 0.6) is 0 Å². The number of carbonyl (C=O) groups excluding carboxylic acids is 2. The van der Waals surface area contributed by atoms with E-state index < -0.39 is 5.41 Å². The monoisotopic (exact) mass is 493 g/mol. The summed E-state index contributed by atoms with van der Waals surface area (Å²) in [4.78, 5) is 30.9. The van der Waals surface area contributed by atoms with Gasteiger partial charge >= 0.3 is 0 Å². The molecule has 1 aromatic carbocycles. The number of amides is 1. The third-order valence-electron chi connectivity index (χ3n) is 5.59. The zero-order valence-corrected chi connectivity index (χ0v) is 21.3. The highest BCUT2D eigenvalue weighted by Crippen LogP contribution is 2.31. The topological polar surface area (TPSA) is 71.1 Å². The first-order valence-corrected chi connectivity index (χ1v) is 12.0. The van der Waals surface area contributed by atoms with Crippen molar-refractivity contribution in [1.82, 2.24) is 15.0 Å². The van der Waals surface area contributed by atoms with Gasteiger partial charge in [0.1, 0.15) is 0 Å². The number of Topliss-reactive ketones (excluding diaryl/α,β-unsaturated/α-hetero) is 1. The van der Waals surface area contributed by atoms with Crippen LogP contribution in [-0.2, 0) is 10.2 Å². The maximum atomic E-state index is 13.2. The molecule has 2 N–H and O–H groups in total. The Hall–Kier alpha value is -3.09. The van der Waals surface area contributed by atoms with Crippen molar-refractivity contribution in [2.24, 2.45) is 0 Å². The van der Waals surface area contributed by atoms with E-state index in [9.17, 15) is 9.59 Å². The van der Waals surface area contributed by atoms with Crippen molar-refractivity contribution in [2.75, 3.05) is 0 Å². The molecule has 34 heavy (non-hydrogen) atoms. The molecule has 0 spiro atoms. The Bertz CT molecular complexity index is 1210. The molecule has 0 unspecified atom stereocenters. The van der Waals surface area contributed by atoms with Gasteiger partial charge in [0.15, 0.2) is 5.78 Å². The fourth-order valence-corrected chi connectivity index (χ4v) is 4.53. The molecule has 5 nitrogen and oxygen atoms in total. The number of nitrogens with one attached hydrogen (secondary N) is 2. The van der Waals surface area contributed by atoms with E-state index in [1.54, 1.807) is 18.3 Å². The van der Waals surface area contributed by atoms with Crippen LogP contribution in [0.15, 0.2) is 88.7 Å². The van der Waals surface area contributed by atoms with Gasteiger partial charge in [-0.3, -0.25) is 14.6 Å². The van der Waals surface area contributed by atoms with Crippen LogP contribution in [0.4, 0.5) is 0 Å². The maximum Gasteiger partial charge on any atom is 0.233 e. The fraction of sp³-hybridized carbons (Fsp3) is 0.222. The van der Waals surface area contributed by atoms with Crippen molar-refractivity contribution < 1.29 is 9.59 Å². The zero-order chi connectivity index (χ0) is 24.9. The summed E-state index contributed by atoms with van der Waals surface area (Å²) in [5.41, 5.74) is 3.80. The third kappa shape index (κ3) is 5.88. The molecule has 0 bridgehead atoms. The van der Waals surface area contributed by atoms with Crippen LogP contribution < -0.4 is 10.0 Å². The molecule has 1 heterocycles. The lowest BCUT2D eigenvalue weighted by Gasteiger charge is -2.25. The summed E-state index contributed by atoms with van der Waals surface area (Å²) >= 11 is 7.64. The summed E-state index contributed by atoms with van der Waals surface area (Å²) in [5, 5.41) is 3.32. The van der Waals surface area contributed by atoms with Gasteiger partial charge < -0.3 is 10.0 Å². The average molecular weight is 494 g/mol. The minimum atomic E-state index is -0.704. The molecule has 0 aliphatic heterocycles. The first-order valence-electron chi connectivity index (χ1n) is 10.8. The molecule has 176 valence electrons. The molecular formula is C27H28ClN3O2S. The lowest BCUT2D eigenvalue weighted by molar-refractivity contribution is -0.124. The predicted octanol–water partition coefficient (Wildman–Crippen LogP) is 6.05. The molecular weight excluding hydrogens is 466 g/mol. The van der Waals surface area contributed by atoms with E-state index in [1.807, 2.05) is 64.1 Å². The van der Waals surface area contributed by atoms with E-state index in [0.717, 1.165) is 21.7 Å². The van der Waals surface area contributed by atoms with Gasteiger partial charge in [0.2, 0.25) is 5.91 Å². The molecule has 2 aromatic rings. The van der Waals surface area contributed by atoms with Gasteiger partial charge in [-0.25, -0.2) is 0 Å². The van der Waals surface area contributed by atoms with Crippen molar-refractivity contribution in [3.8, 4) is 0 Å².